The third kappa shape index (κ3) is 8.20. The molecular formula is C38H39FN6O4S. The van der Waals surface area contributed by atoms with Crippen molar-refractivity contribution in [2.75, 3.05) is 36.5 Å². The number of carbonyl (C=O) groups excluding carboxylic acids is 2. The molecule has 0 aliphatic carbocycles. The number of hydrogen-bond donors (Lipinski definition) is 1. The van der Waals surface area contributed by atoms with Crippen LogP contribution in [0.1, 0.15) is 59.0 Å². The molecule has 258 valence electrons. The van der Waals surface area contributed by atoms with Gasteiger partial charge in [-0.1, -0.05) is 30.3 Å². The van der Waals surface area contributed by atoms with E-state index in [0.29, 0.717) is 37.1 Å². The number of ether oxygens (including phenoxy) is 2. The summed E-state index contributed by atoms with van der Waals surface area (Å²) in [5, 5.41) is 5.50. The number of aromatic nitrogens is 3. The predicted molar refractivity (Wildman–Crippen MR) is 190 cm³/mol. The van der Waals surface area contributed by atoms with Gasteiger partial charge in [-0.05, 0) is 72.5 Å². The van der Waals surface area contributed by atoms with E-state index in [0.717, 1.165) is 60.5 Å². The number of carbonyl (C=O) groups is 2. The summed E-state index contributed by atoms with van der Waals surface area (Å²) in [6.07, 6.45) is 6.83. The molecule has 0 radical (unpaired) electrons. The van der Waals surface area contributed by atoms with Gasteiger partial charge in [0.15, 0.2) is 5.13 Å². The molecule has 0 unspecified atom stereocenters. The van der Waals surface area contributed by atoms with Crippen LogP contribution in [-0.4, -0.2) is 63.6 Å². The highest BCUT2D eigenvalue weighted by Gasteiger charge is 2.29. The summed E-state index contributed by atoms with van der Waals surface area (Å²) in [5.74, 6) is 0.0153. The minimum absolute atomic E-state index is 0.0180. The van der Waals surface area contributed by atoms with Gasteiger partial charge in [-0.3, -0.25) is 14.9 Å². The first-order valence-corrected chi connectivity index (χ1v) is 17.8. The number of pyridine rings is 1. The smallest absolute Gasteiger partial charge is 0.274 e. The van der Waals surface area contributed by atoms with Crippen molar-refractivity contribution in [1.29, 1.82) is 0 Å². The maximum atomic E-state index is 13.6. The Morgan fingerprint density at radius 3 is 2.56 bits per heavy atom. The topological polar surface area (TPSA) is 102 Å². The third-order valence-corrected chi connectivity index (χ3v) is 9.92. The Balaban J connectivity index is 0.891. The molecule has 1 N–H and O–H groups in total. The van der Waals surface area contributed by atoms with Crippen molar-refractivity contribution in [3.8, 4) is 5.75 Å². The summed E-state index contributed by atoms with van der Waals surface area (Å²) in [5.41, 5.74) is 4.26. The fourth-order valence-electron chi connectivity index (χ4n) is 6.59. The van der Waals surface area contributed by atoms with Crippen LogP contribution in [0.5, 0.6) is 5.75 Å². The van der Waals surface area contributed by atoms with E-state index in [9.17, 15) is 14.0 Å². The normalized spacial score (nSPS) is 16.5. The number of thiazole rings is 1. The zero-order valence-corrected chi connectivity index (χ0v) is 28.4. The van der Waals surface area contributed by atoms with Gasteiger partial charge in [0.1, 0.15) is 24.2 Å². The van der Waals surface area contributed by atoms with Gasteiger partial charge in [0, 0.05) is 62.5 Å². The number of nitrogens with zero attached hydrogens (tertiary/aromatic N) is 5. The Kier molecular flexibility index (Phi) is 10.5. The number of amides is 2. The molecule has 10 nitrogen and oxygen atoms in total. The molecule has 50 heavy (non-hydrogen) atoms. The van der Waals surface area contributed by atoms with Crippen molar-refractivity contribution in [3.63, 3.8) is 0 Å². The summed E-state index contributed by atoms with van der Waals surface area (Å²) in [6.45, 7) is 3.09. The second-order valence-electron chi connectivity index (χ2n) is 12.6. The van der Waals surface area contributed by atoms with Crippen LogP contribution < -0.4 is 15.0 Å². The minimum Gasteiger partial charge on any atom is -0.490 e. The fourth-order valence-corrected chi connectivity index (χ4v) is 7.34. The zero-order chi connectivity index (χ0) is 34.3. The number of rotatable bonds is 12. The van der Waals surface area contributed by atoms with Crippen LogP contribution in [0.3, 0.4) is 0 Å². The van der Waals surface area contributed by atoms with Crippen molar-refractivity contribution in [2.45, 2.75) is 51.0 Å². The average Bonchev–Trinajstić information content (AvgIpc) is 3.91. The van der Waals surface area contributed by atoms with E-state index in [-0.39, 0.29) is 30.6 Å². The molecule has 5 heterocycles. The van der Waals surface area contributed by atoms with Gasteiger partial charge in [0.05, 0.1) is 18.3 Å². The summed E-state index contributed by atoms with van der Waals surface area (Å²) in [7, 11) is 0. The van der Waals surface area contributed by atoms with Crippen LogP contribution in [0, 0.1) is 5.95 Å². The molecule has 2 aliphatic heterocycles. The second kappa shape index (κ2) is 15.6. The molecule has 3 aromatic heterocycles. The van der Waals surface area contributed by atoms with Crippen LogP contribution >= 0.6 is 11.3 Å². The average molecular weight is 695 g/mol. The quantitative estimate of drug-likeness (QED) is 0.145. The summed E-state index contributed by atoms with van der Waals surface area (Å²) < 4.78 is 27.3. The number of likely N-dealkylation sites (tertiary alicyclic amines) is 1. The predicted octanol–water partition coefficient (Wildman–Crippen LogP) is 6.71. The van der Waals surface area contributed by atoms with Crippen LogP contribution in [0.2, 0.25) is 0 Å². The molecule has 12 heteroatoms. The van der Waals surface area contributed by atoms with E-state index in [2.05, 4.69) is 27.3 Å². The second-order valence-corrected chi connectivity index (χ2v) is 13.4. The van der Waals surface area contributed by atoms with E-state index in [1.54, 1.807) is 29.0 Å². The van der Waals surface area contributed by atoms with Gasteiger partial charge in [-0.15, -0.1) is 11.3 Å². The maximum Gasteiger partial charge on any atom is 0.274 e. The van der Waals surface area contributed by atoms with Gasteiger partial charge in [-0.25, -0.2) is 9.97 Å². The van der Waals surface area contributed by atoms with E-state index in [1.807, 2.05) is 52.7 Å². The Hall–Kier alpha value is -5.07. The minimum atomic E-state index is -0.551. The van der Waals surface area contributed by atoms with Crippen molar-refractivity contribution in [2.24, 2.45) is 0 Å². The maximum absolute atomic E-state index is 13.6. The van der Waals surface area contributed by atoms with Gasteiger partial charge < -0.3 is 23.8 Å². The monoisotopic (exact) mass is 694 g/mol. The third-order valence-electron chi connectivity index (χ3n) is 9.15. The molecular weight excluding hydrogens is 656 g/mol. The van der Waals surface area contributed by atoms with Crippen LogP contribution in [0.25, 0.3) is 0 Å². The van der Waals surface area contributed by atoms with Crippen LogP contribution in [0.4, 0.5) is 15.2 Å². The summed E-state index contributed by atoms with van der Waals surface area (Å²) >= 11 is 1.41. The van der Waals surface area contributed by atoms with Crippen molar-refractivity contribution in [3.05, 3.63) is 125 Å². The van der Waals surface area contributed by atoms with E-state index in [1.165, 1.54) is 23.6 Å². The lowest BCUT2D eigenvalue weighted by molar-refractivity contribution is -0.138. The van der Waals surface area contributed by atoms with Gasteiger partial charge in [-0.2, -0.15) is 4.39 Å². The number of anilines is 2. The lowest BCUT2D eigenvalue weighted by Crippen LogP contribution is -2.43. The molecule has 2 aromatic carbocycles. The molecule has 1 atom stereocenters. The highest BCUT2D eigenvalue weighted by Crippen LogP contribution is 2.38. The molecule has 7 rings (SSSR count). The molecule has 5 aromatic rings. The first-order chi connectivity index (χ1) is 24.5. The Bertz CT molecular complexity index is 1890. The largest absolute Gasteiger partial charge is 0.490 e. The van der Waals surface area contributed by atoms with Crippen molar-refractivity contribution >= 4 is 34.0 Å². The number of nitrogens with one attached hydrogen (secondary N) is 1. The van der Waals surface area contributed by atoms with Crippen LogP contribution in [-0.2, 0) is 22.7 Å². The Morgan fingerprint density at radius 1 is 0.940 bits per heavy atom. The number of halogens is 1. The molecule has 2 fully saturated rings. The number of hydrogen-bond acceptors (Lipinski definition) is 8. The first kappa shape index (κ1) is 33.4. The summed E-state index contributed by atoms with van der Waals surface area (Å²) in [6, 6.07) is 24.8. The summed E-state index contributed by atoms with van der Waals surface area (Å²) in [4.78, 5) is 38.4. The van der Waals surface area contributed by atoms with Crippen molar-refractivity contribution in [1.82, 2.24) is 19.4 Å². The van der Waals surface area contributed by atoms with E-state index < -0.39 is 5.95 Å². The standard InChI is InChI=1S/C38H39FN6O4S/c39-35-22-28(14-17-40-35)23-44-18-4-9-34(44)37(47)42-38-41-32(26-50-38)33-8-5-19-45(33)29-10-12-30(13-11-29)49-31-15-20-43(21-16-31)36(46)25-48-24-27-6-2-1-3-7-27/h1-4,6-7,9-14,17-18,22,26,31,33H,5,8,15-16,19-21,23-25H2,(H,41,42,47)/t33-/m1/s1. The fraction of sp³-hybridized carbons (Fsp3) is 0.316. The lowest BCUT2D eigenvalue weighted by atomic mass is 10.1. The molecule has 0 bridgehead atoms. The highest BCUT2D eigenvalue weighted by atomic mass is 32.1. The Morgan fingerprint density at radius 2 is 1.76 bits per heavy atom. The first-order valence-electron chi connectivity index (χ1n) is 16.9. The molecule has 0 spiro atoms. The zero-order valence-electron chi connectivity index (χ0n) is 27.6. The highest BCUT2D eigenvalue weighted by molar-refractivity contribution is 7.14. The molecule has 2 aliphatic rings. The van der Waals surface area contributed by atoms with Crippen LogP contribution in [0.15, 0.2) is 96.6 Å². The van der Waals surface area contributed by atoms with Gasteiger partial charge in [0.25, 0.3) is 5.91 Å². The van der Waals surface area contributed by atoms with Gasteiger partial charge >= 0.3 is 0 Å². The Labute approximate surface area is 294 Å². The molecule has 0 saturated carbocycles. The van der Waals surface area contributed by atoms with E-state index in [4.69, 9.17) is 14.5 Å². The molecule has 2 amide bonds. The lowest BCUT2D eigenvalue weighted by Gasteiger charge is -2.32. The van der Waals surface area contributed by atoms with Gasteiger partial charge in [0.2, 0.25) is 11.9 Å². The number of piperidine rings is 1. The SMILES string of the molecule is O=C(Nc1nc([C@H]2CCCN2c2ccc(OC3CCN(C(=O)COCc4ccccc4)CC3)cc2)cs1)c1cccn1Cc1ccnc(F)c1. The number of benzene rings is 2. The van der Waals surface area contributed by atoms with Crippen molar-refractivity contribution < 1.29 is 23.5 Å². The van der Waals surface area contributed by atoms with E-state index >= 15 is 0 Å². The molecule has 2 saturated heterocycles.